The SMILES string of the molecule is CCCNCc1nnc(Nc2ccc(C)c(N(C)C)c2)o1. The van der Waals surface area contributed by atoms with E-state index in [1.54, 1.807) is 0 Å². The van der Waals surface area contributed by atoms with Crippen molar-refractivity contribution in [2.75, 3.05) is 30.9 Å². The zero-order valence-corrected chi connectivity index (χ0v) is 13.1. The van der Waals surface area contributed by atoms with Crippen LogP contribution >= 0.6 is 0 Å². The van der Waals surface area contributed by atoms with Crippen LogP contribution in [0.15, 0.2) is 22.6 Å². The van der Waals surface area contributed by atoms with Crippen LogP contribution in [0.3, 0.4) is 0 Å². The molecule has 0 saturated carbocycles. The molecule has 0 aliphatic heterocycles. The van der Waals surface area contributed by atoms with Gasteiger partial charge in [0.25, 0.3) is 0 Å². The van der Waals surface area contributed by atoms with Gasteiger partial charge in [0, 0.05) is 25.5 Å². The third kappa shape index (κ3) is 4.19. The molecule has 0 radical (unpaired) electrons. The maximum atomic E-state index is 5.56. The molecule has 0 amide bonds. The van der Waals surface area contributed by atoms with Gasteiger partial charge in [-0.05, 0) is 37.6 Å². The molecule has 0 fully saturated rings. The fourth-order valence-electron chi connectivity index (χ4n) is 2.04. The van der Waals surface area contributed by atoms with E-state index in [0.717, 1.165) is 24.3 Å². The monoisotopic (exact) mass is 289 g/mol. The summed E-state index contributed by atoms with van der Waals surface area (Å²) in [4.78, 5) is 2.08. The molecule has 0 bridgehead atoms. The molecule has 0 saturated heterocycles. The largest absolute Gasteiger partial charge is 0.406 e. The molecule has 6 heteroatoms. The van der Waals surface area contributed by atoms with E-state index >= 15 is 0 Å². The van der Waals surface area contributed by atoms with Crippen LogP contribution < -0.4 is 15.5 Å². The number of aryl methyl sites for hydroxylation is 1. The summed E-state index contributed by atoms with van der Waals surface area (Å²) in [6.07, 6.45) is 1.08. The molecule has 0 aliphatic rings. The van der Waals surface area contributed by atoms with Gasteiger partial charge in [-0.1, -0.05) is 18.1 Å². The summed E-state index contributed by atoms with van der Waals surface area (Å²) < 4.78 is 5.56. The lowest BCUT2D eigenvalue weighted by Gasteiger charge is -2.16. The Balaban J connectivity index is 2.03. The zero-order valence-electron chi connectivity index (χ0n) is 13.1. The van der Waals surface area contributed by atoms with Gasteiger partial charge in [0.15, 0.2) is 0 Å². The Bertz CT molecular complexity index is 579. The van der Waals surface area contributed by atoms with E-state index < -0.39 is 0 Å². The quantitative estimate of drug-likeness (QED) is 0.764. The van der Waals surface area contributed by atoms with E-state index in [-0.39, 0.29) is 0 Å². The van der Waals surface area contributed by atoms with E-state index in [0.29, 0.717) is 18.5 Å². The highest BCUT2D eigenvalue weighted by Crippen LogP contribution is 2.24. The van der Waals surface area contributed by atoms with Gasteiger partial charge in [0.05, 0.1) is 6.54 Å². The van der Waals surface area contributed by atoms with Gasteiger partial charge in [-0.3, -0.25) is 0 Å². The second kappa shape index (κ2) is 7.08. The molecule has 0 atom stereocenters. The van der Waals surface area contributed by atoms with E-state index in [4.69, 9.17) is 4.42 Å². The van der Waals surface area contributed by atoms with Crippen LogP contribution in [0, 0.1) is 6.92 Å². The Morgan fingerprint density at radius 3 is 2.76 bits per heavy atom. The van der Waals surface area contributed by atoms with Crippen LogP contribution in [0.5, 0.6) is 0 Å². The highest BCUT2D eigenvalue weighted by Gasteiger charge is 2.07. The lowest BCUT2D eigenvalue weighted by atomic mass is 10.1. The molecule has 1 aromatic carbocycles. The topological polar surface area (TPSA) is 66.2 Å². The summed E-state index contributed by atoms with van der Waals surface area (Å²) in [6, 6.07) is 6.55. The van der Waals surface area contributed by atoms with Crippen molar-refractivity contribution in [3.63, 3.8) is 0 Å². The molecule has 114 valence electrons. The fraction of sp³-hybridized carbons (Fsp3) is 0.467. The van der Waals surface area contributed by atoms with Crippen LogP contribution in [0.2, 0.25) is 0 Å². The average Bonchev–Trinajstić information content (AvgIpc) is 2.88. The first-order valence-electron chi connectivity index (χ1n) is 7.18. The highest BCUT2D eigenvalue weighted by atomic mass is 16.4. The van der Waals surface area contributed by atoms with Crippen molar-refractivity contribution in [1.82, 2.24) is 15.5 Å². The third-order valence-corrected chi connectivity index (χ3v) is 3.11. The molecule has 1 aromatic heterocycles. The van der Waals surface area contributed by atoms with E-state index in [1.165, 1.54) is 5.56 Å². The lowest BCUT2D eigenvalue weighted by molar-refractivity contribution is 0.479. The number of nitrogens with one attached hydrogen (secondary N) is 2. The van der Waals surface area contributed by atoms with Crippen molar-refractivity contribution in [2.24, 2.45) is 0 Å². The standard InChI is InChI=1S/C15H23N5O/c1-5-8-16-10-14-18-19-15(21-14)17-12-7-6-11(2)13(9-12)20(3)4/h6-7,9,16H,5,8,10H2,1-4H3,(H,17,19). The van der Waals surface area contributed by atoms with Crippen LogP contribution in [0.4, 0.5) is 17.4 Å². The van der Waals surface area contributed by atoms with Crippen molar-refractivity contribution in [3.05, 3.63) is 29.7 Å². The average molecular weight is 289 g/mol. The predicted octanol–water partition coefficient (Wildman–Crippen LogP) is 2.69. The Morgan fingerprint density at radius 2 is 2.05 bits per heavy atom. The van der Waals surface area contributed by atoms with Gasteiger partial charge in [0.1, 0.15) is 0 Å². The van der Waals surface area contributed by atoms with Crippen molar-refractivity contribution in [1.29, 1.82) is 0 Å². The normalized spacial score (nSPS) is 10.7. The van der Waals surface area contributed by atoms with Gasteiger partial charge in [-0.15, -0.1) is 5.10 Å². The fourth-order valence-corrected chi connectivity index (χ4v) is 2.04. The summed E-state index contributed by atoms with van der Waals surface area (Å²) in [6.45, 7) is 5.74. The molecule has 1 heterocycles. The minimum Gasteiger partial charge on any atom is -0.406 e. The molecular weight excluding hydrogens is 266 g/mol. The summed E-state index contributed by atoms with van der Waals surface area (Å²) in [5.74, 6) is 0.589. The highest BCUT2D eigenvalue weighted by molar-refractivity contribution is 5.64. The number of nitrogens with zero attached hydrogens (tertiary/aromatic N) is 3. The van der Waals surface area contributed by atoms with Crippen LogP contribution in [-0.2, 0) is 6.54 Å². The van der Waals surface area contributed by atoms with Crippen molar-refractivity contribution < 1.29 is 4.42 Å². The second-order valence-electron chi connectivity index (χ2n) is 5.20. The molecular formula is C15H23N5O. The molecule has 0 spiro atoms. The summed E-state index contributed by atoms with van der Waals surface area (Å²) >= 11 is 0. The number of aromatic nitrogens is 2. The number of hydrogen-bond acceptors (Lipinski definition) is 6. The maximum Gasteiger partial charge on any atom is 0.320 e. The summed E-state index contributed by atoms with van der Waals surface area (Å²) in [5, 5.41) is 14.4. The molecule has 0 aliphatic carbocycles. The first-order valence-corrected chi connectivity index (χ1v) is 7.18. The Kier molecular flexibility index (Phi) is 5.16. The number of hydrogen-bond donors (Lipinski definition) is 2. The van der Waals surface area contributed by atoms with Gasteiger partial charge < -0.3 is 20.0 Å². The first-order chi connectivity index (χ1) is 10.1. The Hall–Kier alpha value is -2.08. The number of benzene rings is 1. The molecule has 2 N–H and O–H groups in total. The first kappa shape index (κ1) is 15.3. The van der Waals surface area contributed by atoms with E-state index in [9.17, 15) is 0 Å². The number of rotatable bonds is 7. The summed E-state index contributed by atoms with van der Waals surface area (Å²) in [5.41, 5.74) is 3.31. The van der Waals surface area contributed by atoms with E-state index in [1.807, 2.05) is 20.2 Å². The third-order valence-electron chi connectivity index (χ3n) is 3.11. The molecule has 0 unspecified atom stereocenters. The maximum absolute atomic E-state index is 5.56. The van der Waals surface area contributed by atoms with Crippen LogP contribution in [0.25, 0.3) is 0 Å². The van der Waals surface area contributed by atoms with Crippen LogP contribution in [-0.4, -0.2) is 30.8 Å². The molecule has 6 nitrogen and oxygen atoms in total. The molecule has 2 aromatic rings. The predicted molar refractivity (Wildman–Crippen MR) is 85.1 cm³/mol. The summed E-state index contributed by atoms with van der Waals surface area (Å²) in [7, 11) is 4.05. The zero-order chi connectivity index (χ0) is 15.2. The Labute approximate surface area is 125 Å². The van der Waals surface area contributed by atoms with Gasteiger partial charge in [0.2, 0.25) is 5.89 Å². The molecule has 21 heavy (non-hydrogen) atoms. The lowest BCUT2D eigenvalue weighted by Crippen LogP contribution is -2.13. The van der Waals surface area contributed by atoms with Crippen LogP contribution in [0.1, 0.15) is 24.8 Å². The van der Waals surface area contributed by atoms with Gasteiger partial charge >= 0.3 is 6.01 Å². The smallest absolute Gasteiger partial charge is 0.320 e. The number of anilines is 3. The van der Waals surface area contributed by atoms with Gasteiger partial charge in [-0.2, -0.15) is 0 Å². The van der Waals surface area contributed by atoms with Gasteiger partial charge in [-0.25, -0.2) is 0 Å². The van der Waals surface area contributed by atoms with Crippen molar-refractivity contribution >= 4 is 17.4 Å². The van der Waals surface area contributed by atoms with E-state index in [2.05, 4.69) is 51.7 Å². The van der Waals surface area contributed by atoms with Crippen molar-refractivity contribution in [3.8, 4) is 0 Å². The molecule has 2 rings (SSSR count). The van der Waals surface area contributed by atoms with Crippen molar-refractivity contribution in [2.45, 2.75) is 26.8 Å². The second-order valence-corrected chi connectivity index (χ2v) is 5.20. The minimum atomic E-state index is 0.414. The Morgan fingerprint density at radius 1 is 1.24 bits per heavy atom. The minimum absolute atomic E-state index is 0.414.